The molecule has 1 radical (unpaired) electrons. The van der Waals surface area contributed by atoms with E-state index >= 15 is 0 Å². The Labute approximate surface area is 92.3 Å². The molecule has 3 nitrogen and oxygen atoms in total. The fraction of sp³-hybridized carbons (Fsp3) is 0.100. The predicted octanol–water partition coefficient (Wildman–Crippen LogP) is 2.01. The van der Waals surface area contributed by atoms with Crippen LogP contribution in [0, 0.1) is 6.07 Å². The van der Waals surface area contributed by atoms with E-state index in [0.717, 1.165) is 0 Å². The smallest absolute Gasteiger partial charge is 0.176 e. The minimum absolute atomic E-state index is 0.274. The largest absolute Gasteiger partial charge is 0.245 e. The first kappa shape index (κ1) is 10.3. The van der Waals surface area contributed by atoms with Crippen LogP contribution in [0.15, 0.2) is 34.0 Å². The Kier molecular flexibility index (Phi) is 2.58. The molecule has 0 unspecified atom stereocenters. The van der Waals surface area contributed by atoms with E-state index in [2.05, 4.69) is 11.1 Å². The molecule has 1 aromatic carbocycles. The maximum atomic E-state index is 11.5. The summed E-state index contributed by atoms with van der Waals surface area (Å²) in [5.74, 6) is 0. The molecule has 0 aliphatic carbocycles. The van der Waals surface area contributed by atoms with Crippen molar-refractivity contribution in [1.29, 1.82) is 0 Å². The van der Waals surface area contributed by atoms with Gasteiger partial charge in [-0.1, -0.05) is 12.1 Å². The first-order chi connectivity index (χ1) is 7.09. The molecule has 0 N–H and O–H groups in total. The Morgan fingerprint density at radius 2 is 2.27 bits per heavy atom. The third-order valence-electron chi connectivity index (χ3n) is 1.93. The Bertz CT molecular complexity index is 559. The maximum Gasteiger partial charge on any atom is 0.176 e. The van der Waals surface area contributed by atoms with Crippen molar-refractivity contribution in [2.45, 2.75) is 4.90 Å². The van der Waals surface area contributed by atoms with Crippen molar-refractivity contribution in [2.24, 2.45) is 0 Å². The summed E-state index contributed by atoms with van der Waals surface area (Å²) < 4.78 is 23.0. The van der Waals surface area contributed by atoms with Crippen LogP contribution in [0.3, 0.4) is 0 Å². The van der Waals surface area contributed by atoms with E-state index in [1.54, 1.807) is 17.6 Å². The SMILES string of the molecule is CS(=O)(=O)c1c[c]ccc1-c1cscn1. The number of hydrogen-bond donors (Lipinski definition) is 0. The predicted molar refractivity (Wildman–Crippen MR) is 59.5 cm³/mol. The molecule has 0 atom stereocenters. The standard InChI is InChI=1S/C10H8NO2S2/c1-15(12,13)10-5-3-2-4-8(10)9-6-14-7-11-9/h2,4-7H,1H3. The summed E-state index contributed by atoms with van der Waals surface area (Å²) in [5.41, 5.74) is 3.00. The number of thiazole rings is 1. The number of benzene rings is 1. The van der Waals surface area contributed by atoms with Gasteiger partial charge in [-0.05, 0) is 12.1 Å². The lowest BCUT2D eigenvalue weighted by atomic mass is 10.2. The first-order valence-corrected chi connectivity index (χ1v) is 7.01. The van der Waals surface area contributed by atoms with E-state index in [9.17, 15) is 8.42 Å². The molecule has 2 aromatic rings. The summed E-state index contributed by atoms with van der Waals surface area (Å²) in [5, 5.41) is 1.82. The molecule has 2 rings (SSSR count). The van der Waals surface area contributed by atoms with Crippen molar-refractivity contribution >= 4 is 21.2 Å². The minimum atomic E-state index is -3.23. The lowest BCUT2D eigenvalue weighted by Crippen LogP contribution is -1.99. The summed E-state index contributed by atoms with van der Waals surface area (Å²) in [6.07, 6.45) is 1.19. The molecule has 0 spiro atoms. The molecule has 1 heterocycles. The van der Waals surface area contributed by atoms with Crippen LogP contribution in [0.25, 0.3) is 11.3 Å². The number of sulfone groups is 1. The lowest BCUT2D eigenvalue weighted by Gasteiger charge is -2.03. The van der Waals surface area contributed by atoms with Crippen LogP contribution in [-0.4, -0.2) is 19.7 Å². The van der Waals surface area contributed by atoms with Gasteiger partial charge in [-0.3, -0.25) is 0 Å². The summed E-state index contributed by atoms with van der Waals surface area (Å²) in [6.45, 7) is 0. The zero-order valence-corrected chi connectivity index (χ0v) is 9.60. The molecular weight excluding hydrogens is 230 g/mol. The highest BCUT2D eigenvalue weighted by atomic mass is 32.2. The van der Waals surface area contributed by atoms with Crippen molar-refractivity contribution in [2.75, 3.05) is 6.26 Å². The van der Waals surface area contributed by atoms with Crippen molar-refractivity contribution in [3.63, 3.8) is 0 Å². The molecule has 1 aromatic heterocycles. The zero-order valence-electron chi connectivity index (χ0n) is 7.97. The van der Waals surface area contributed by atoms with Crippen LogP contribution in [0.4, 0.5) is 0 Å². The number of rotatable bonds is 2. The van der Waals surface area contributed by atoms with E-state index in [0.29, 0.717) is 11.3 Å². The molecule has 77 valence electrons. The van der Waals surface area contributed by atoms with Crippen LogP contribution >= 0.6 is 11.3 Å². The molecule has 15 heavy (non-hydrogen) atoms. The normalized spacial score (nSPS) is 11.5. The molecule has 0 amide bonds. The molecule has 0 fully saturated rings. The van der Waals surface area contributed by atoms with E-state index in [-0.39, 0.29) is 4.90 Å². The van der Waals surface area contributed by atoms with Gasteiger partial charge in [0.15, 0.2) is 9.84 Å². The molecular formula is C10H8NO2S2. The van der Waals surface area contributed by atoms with Gasteiger partial charge in [-0.2, -0.15) is 0 Å². The highest BCUT2D eigenvalue weighted by molar-refractivity contribution is 7.90. The van der Waals surface area contributed by atoms with E-state index in [1.165, 1.54) is 23.7 Å². The molecule has 0 saturated carbocycles. The Hall–Kier alpha value is -1.20. The van der Waals surface area contributed by atoms with Gasteiger partial charge >= 0.3 is 0 Å². The third kappa shape index (κ3) is 2.08. The van der Waals surface area contributed by atoms with Gasteiger partial charge < -0.3 is 0 Å². The van der Waals surface area contributed by atoms with E-state index < -0.39 is 9.84 Å². The molecule has 5 heteroatoms. The number of aromatic nitrogens is 1. The average molecular weight is 238 g/mol. The van der Waals surface area contributed by atoms with Gasteiger partial charge in [-0.15, -0.1) is 11.3 Å². The van der Waals surface area contributed by atoms with Gasteiger partial charge in [-0.25, -0.2) is 13.4 Å². The van der Waals surface area contributed by atoms with Gasteiger partial charge in [0.2, 0.25) is 0 Å². The van der Waals surface area contributed by atoms with E-state index in [4.69, 9.17) is 0 Å². The molecule has 0 saturated heterocycles. The summed E-state index contributed by atoms with van der Waals surface area (Å²) in [7, 11) is -3.23. The number of nitrogens with zero attached hydrogens (tertiary/aromatic N) is 1. The van der Waals surface area contributed by atoms with Gasteiger partial charge in [0.1, 0.15) is 0 Å². The van der Waals surface area contributed by atoms with Crippen LogP contribution < -0.4 is 0 Å². The van der Waals surface area contributed by atoms with Crippen LogP contribution in [0.1, 0.15) is 0 Å². The van der Waals surface area contributed by atoms with Crippen LogP contribution in [0.5, 0.6) is 0 Å². The second-order valence-corrected chi connectivity index (χ2v) is 5.77. The Morgan fingerprint density at radius 1 is 1.47 bits per heavy atom. The maximum absolute atomic E-state index is 11.5. The van der Waals surface area contributed by atoms with E-state index in [1.807, 2.05) is 5.38 Å². The lowest BCUT2D eigenvalue weighted by molar-refractivity contribution is 0.602. The monoisotopic (exact) mass is 238 g/mol. The van der Waals surface area contributed by atoms with Crippen molar-refractivity contribution in [1.82, 2.24) is 4.98 Å². The molecule has 0 aliphatic rings. The van der Waals surface area contributed by atoms with Crippen LogP contribution in [0.2, 0.25) is 0 Å². The Balaban J connectivity index is 2.68. The molecule has 0 aliphatic heterocycles. The van der Waals surface area contributed by atoms with Gasteiger partial charge in [0, 0.05) is 17.2 Å². The topological polar surface area (TPSA) is 47.0 Å². The highest BCUT2D eigenvalue weighted by Gasteiger charge is 2.14. The highest BCUT2D eigenvalue weighted by Crippen LogP contribution is 2.26. The third-order valence-corrected chi connectivity index (χ3v) is 3.66. The van der Waals surface area contributed by atoms with Crippen molar-refractivity contribution in [3.05, 3.63) is 35.2 Å². The summed E-state index contributed by atoms with van der Waals surface area (Å²) in [6, 6.07) is 7.64. The van der Waals surface area contributed by atoms with Gasteiger partial charge in [0.25, 0.3) is 0 Å². The summed E-state index contributed by atoms with van der Waals surface area (Å²) >= 11 is 1.44. The second-order valence-electron chi connectivity index (χ2n) is 3.07. The second kappa shape index (κ2) is 3.75. The fourth-order valence-electron chi connectivity index (χ4n) is 1.28. The number of hydrogen-bond acceptors (Lipinski definition) is 4. The Morgan fingerprint density at radius 3 is 2.87 bits per heavy atom. The quantitative estimate of drug-likeness (QED) is 0.804. The van der Waals surface area contributed by atoms with Crippen molar-refractivity contribution < 1.29 is 8.42 Å². The average Bonchev–Trinajstić information content (AvgIpc) is 2.69. The molecule has 0 bridgehead atoms. The van der Waals surface area contributed by atoms with Crippen LogP contribution in [-0.2, 0) is 9.84 Å². The first-order valence-electron chi connectivity index (χ1n) is 4.18. The summed E-state index contributed by atoms with van der Waals surface area (Å²) in [4.78, 5) is 4.37. The minimum Gasteiger partial charge on any atom is -0.245 e. The van der Waals surface area contributed by atoms with Gasteiger partial charge in [0.05, 0.1) is 16.1 Å². The zero-order chi connectivity index (χ0) is 10.9. The fourth-order valence-corrected chi connectivity index (χ4v) is 2.69. The van der Waals surface area contributed by atoms with Crippen molar-refractivity contribution in [3.8, 4) is 11.3 Å².